The second kappa shape index (κ2) is 4.72. The van der Waals surface area contributed by atoms with Gasteiger partial charge in [0.05, 0.1) is 11.7 Å². The van der Waals surface area contributed by atoms with Gasteiger partial charge in [-0.2, -0.15) is 0 Å². The molecule has 0 amide bonds. The van der Waals surface area contributed by atoms with E-state index in [1.807, 2.05) is 18.2 Å². The lowest BCUT2D eigenvalue weighted by Crippen LogP contribution is -2.28. The molecule has 88 valence electrons. The number of hydrogen-bond acceptors (Lipinski definition) is 3. The molecule has 0 aliphatic carbocycles. The first-order chi connectivity index (χ1) is 8.42. The van der Waals surface area contributed by atoms with E-state index in [4.69, 9.17) is 4.74 Å². The smallest absolute Gasteiger partial charge is 0.138 e. The van der Waals surface area contributed by atoms with E-state index >= 15 is 0 Å². The molecule has 1 atom stereocenters. The Balaban J connectivity index is 1.72. The van der Waals surface area contributed by atoms with Gasteiger partial charge in [0.25, 0.3) is 0 Å². The Morgan fingerprint density at radius 1 is 1.35 bits per heavy atom. The zero-order valence-corrected chi connectivity index (χ0v) is 9.73. The van der Waals surface area contributed by atoms with E-state index in [0.717, 1.165) is 29.8 Å². The van der Waals surface area contributed by atoms with Crippen LogP contribution in [-0.4, -0.2) is 24.2 Å². The third-order valence-corrected chi connectivity index (χ3v) is 3.18. The first-order valence-corrected chi connectivity index (χ1v) is 6.13. The van der Waals surface area contributed by atoms with Crippen molar-refractivity contribution in [3.05, 3.63) is 36.5 Å². The van der Waals surface area contributed by atoms with Crippen LogP contribution in [0.15, 0.2) is 36.5 Å². The highest BCUT2D eigenvalue weighted by atomic mass is 16.5. The number of nitrogens with zero attached hydrogens (tertiary/aromatic N) is 1. The average molecular weight is 228 g/mol. The van der Waals surface area contributed by atoms with E-state index in [0.29, 0.717) is 6.04 Å². The fraction of sp³-hybridized carbons (Fsp3) is 0.357. The Kier molecular flexibility index (Phi) is 2.92. The SMILES string of the molecule is c1ccc2ncc(OC[C@H]3CCCN3)cc2c1. The van der Waals surface area contributed by atoms with Crippen molar-refractivity contribution in [1.29, 1.82) is 0 Å². The second-order valence-electron chi connectivity index (χ2n) is 4.47. The third kappa shape index (κ3) is 2.39. The zero-order valence-electron chi connectivity index (χ0n) is 9.73. The van der Waals surface area contributed by atoms with Crippen LogP contribution in [0.3, 0.4) is 0 Å². The maximum atomic E-state index is 5.77. The van der Waals surface area contributed by atoms with E-state index in [-0.39, 0.29) is 0 Å². The van der Waals surface area contributed by atoms with Crippen LogP contribution in [0.4, 0.5) is 0 Å². The van der Waals surface area contributed by atoms with E-state index in [9.17, 15) is 0 Å². The number of hydrogen-bond donors (Lipinski definition) is 1. The molecule has 1 aromatic heterocycles. The first kappa shape index (κ1) is 10.5. The molecule has 0 radical (unpaired) electrons. The van der Waals surface area contributed by atoms with Gasteiger partial charge in [-0.05, 0) is 31.5 Å². The van der Waals surface area contributed by atoms with Gasteiger partial charge in [-0.1, -0.05) is 18.2 Å². The van der Waals surface area contributed by atoms with Crippen molar-refractivity contribution in [1.82, 2.24) is 10.3 Å². The maximum Gasteiger partial charge on any atom is 0.138 e. The summed E-state index contributed by atoms with van der Waals surface area (Å²) in [5.41, 5.74) is 1.01. The molecule has 3 rings (SSSR count). The summed E-state index contributed by atoms with van der Waals surface area (Å²) < 4.78 is 5.77. The number of nitrogens with one attached hydrogen (secondary N) is 1. The molecule has 0 saturated carbocycles. The van der Waals surface area contributed by atoms with Crippen LogP contribution in [0.25, 0.3) is 10.9 Å². The lowest BCUT2D eigenvalue weighted by atomic mass is 10.2. The molecule has 3 heteroatoms. The highest BCUT2D eigenvalue weighted by Crippen LogP contribution is 2.18. The Hall–Kier alpha value is -1.61. The highest BCUT2D eigenvalue weighted by Gasteiger charge is 2.14. The van der Waals surface area contributed by atoms with E-state index in [2.05, 4.69) is 22.4 Å². The van der Waals surface area contributed by atoms with Gasteiger partial charge in [-0.3, -0.25) is 4.98 Å². The highest BCUT2D eigenvalue weighted by molar-refractivity contribution is 5.79. The first-order valence-electron chi connectivity index (χ1n) is 6.13. The van der Waals surface area contributed by atoms with Gasteiger partial charge in [0.2, 0.25) is 0 Å². The summed E-state index contributed by atoms with van der Waals surface area (Å²) in [5.74, 6) is 0.859. The zero-order chi connectivity index (χ0) is 11.5. The molecule has 1 aliphatic heterocycles. The molecule has 0 unspecified atom stereocenters. The third-order valence-electron chi connectivity index (χ3n) is 3.18. The van der Waals surface area contributed by atoms with Gasteiger partial charge < -0.3 is 10.1 Å². The number of ether oxygens (including phenoxy) is 1. The van der Waals surface area contributed by atoms with E-state index in [1.165, 1.54) is 12.8 Å². The number of para-hydroxylation sites is 1. The van der Waals surface area contributed by atoms with Crippen molar-refractivity contribution in [3.63, 3.8) is 0 Å². The van der Waals surface area contributed by atoms with E-state index in [1.54, 1.807) is 6.20 Å². The Morgan fingerprint density at radius 3 is 3.18 bits per heavy atom. The van der Waals surface area contributed by atoms with Gasteiger partial charge in [-0.25, -0.2) is 0 Å². The van der Waals surface area contributed by atoms with Gasteiger partial charge >= 0.3 is 0 Å². The van der Waals surface area contributed by atoms with Crippen molar-refractivity contribution in [2.45, 2.75) is 18.9 Å². The molecule has 17 heavy (non-hydrogen) atoms. The molecule has 2 heterocycles. The van der Waals surface area contributed by atoms with Gasteiger partial charge in [0, 0.05) is 11.4 Å². The minimum Gasteiger partial charge on any atom is -0.490 e. The molecule has 1 aliphatic rings. The van der Waals surface area contributed by atoms with Crippen LogP contribution in [0.5, 0.6) is 5.75 Å². The van der Waals surface area contributed by atoms with Crippen molar-refractivity contribution < 1.29 is 4.74 Å². The number of rotatable bonds is 3. The van der Waals surface area contributed by atoms with Gasteiger partial charge in [0.1, 0.15) is 12.4 Å². The lowest BCUT2D eigenvalue weighted by molar-refractivity contribution is 0.276. The number of pyridine rings is 1. The van der Waals surface area contributed by atoms with Crippen LogP contribution >= 0.6 is 0 Å². The fourth-order valence-corrected chi connectivity index (χ4v) is 2.23. The minimum absolute atomic E-state index is 0.501. The van der Waals surface area contributed by atoms with Crippen molar-refractivity contribution in [2.75, 3.05) is 13.2 Å². The molecule has 1 fully saturated rings. The molecule has 0 bridgehead atoms. The van der Waals surface area contributed by atoms with Crippen molar-refractivity contribution >= 4 is 10.9 Å². The molecule has 1 saturated heterocycles. The summed E-state index contributed by atoms with van der Waals surface area (Å²) in [5, 5.41) is 4.55. The molecule has 3 nitrogen and oxygen atoms in total. The molecule has 0 spiro atoms. The van der Waals surface area contributed by atoms with Crippen LogP contribution < -0.4 is 10.1 Å². The summed E-state index contributed by atoms with van der Waals surface area (Å²) >= 11 is 0. The van der Waals surface area contributed by atoms with Gasteiger partial charge in [0.15, 0.2) is 0 Å². The molecule has 1 N–H and O–H groups in total. The Morgan fingerprint density at radius 2 is 2.29 bits per heavy atom. The number of fused-ring (bicyclic) bond motifs is 1. The van der Waals surface area contributed by atoms with Gasteiger partial charge in [-0.15, -0.1) is 0 Å². The minimum atomic E-state index is 0.501. The summed E-state index contributed by atoms with van der Waals surface area (Å²) in [6.45, 7) is 1.85. The number of benzene rings is 1. The summed E-state index contributed by atoms with van der Waals surface area (Å²) in [6.07, 6.45) is 4.27. The summed E-state index contributed by atoms with van der Waals surface area (Å²) in [4.78, 5) is 4.38. The normalized spacial score (nSPS) is 19.6. The fourth-order valence-electron chi connectivity index (χ4n) is 2.23. The van der Waals surface area contributed by atoms with Crippen molar-refractivity contribution in [2.24, 2.45) is 0 Å². The summed E-state index contributed by atoms with van der Waals surface area (Å²) in [6, 6.07) is 10.6. The lowest BCUT2D eigenvalue weighted by Gasteiger charge is -2.12. The second-order valence-corrected chi connectivity index (χ2v) is 4.47. The average Bonchev–Trinajstić information content (AvgIpc) is 2.89. The largest absolute Gasteiger partial charge is 0.490 e. The van der Waals surface area contributed by atoms with Crippen LogP contribution in [0.2, 0.25) is 0 Å². The van der Waals surface area contributed by atoms with Crippen LogP contribution in [0, 0.1) is 0 Å². The monoisotopic (exact) mass is 228 g/mol. The van der Waals surface area contributed by atoms with E-state index < -0.39 is 0 Å². The van der Waals surface area contributed by atoms with Crippen LogP contribution in [-0.2, 0) is 0 Å². The Bertz CT molecular complexity index is 506. The maximum absolute atomic E-state index is 5.77. The predicted octanol–water partition coefficient (Wildman–Crippen LogP) is 2.37. The predicted molar refractivity (Wildman–Crippen MR) is 68.3 cm³/mol. The quantitative estimate of drug-likeness (QED) is 0.875. The standard InChI is InChI=1S/C14H16N2O/c1-2-6-14-11(4-1)8-13(9-16-14)17-10-12-5-3-7-15-12/h1-2,4,6,8-9,12,15H,3,5,7,10H2/t12-/m1/s1. The van der Waals surface area contributed by atoms with Crippen LogP contribution in [0.1, 0.15) is 12.8 Å². The Labute approximate surface area is 101 Å². The topological polar surface area (TPSA) is 34.1 Å². The molecule has 1 aromatic carbocycles. The molecular weight excluding hydrogens is 212 g/mol. The number of aromatic nitrogens is 1. The molecule has 2 aromatic rings. The summed E-state index contributed by atoms with van der Waals surface area (Å²) in [7, 11) is 0. The van der Waals surface area contributed by atoms with Crippen molar-refractivity contribution in [3.8, 4) is 5.75 Å². The molecular formula is C14H16N2O.